The third-order valence-electron chi connectivity index (χ3n) is 3.95. The molecule has 0 spiro atoms. The van der Waals surface area contributed by atoms with Crippen LogP contribution in [0.25, 0.3) is 0 Å². The maximum Gasteiger partial charge on any atom is 0.250 e. The Morgan fingerprint density at radius 3 is 2.32 bits per heavy atom. The van der Waals surface area contributed by atoms with E-state index in [1.165, 1.54) is 6.20 Å². The molecule has 1 heterocycles. The quantitative estimate of drug-likeness (QED) is 0.486. The fourth-order valence-electron chi connectivity index (χ4n) is 2.41. The number of hydrogen-bond acceptors (Lipinski definition) is 5. The van der Waals surface area contributed by atoms with Gasteiger partial charge in [0.2, 0.25) is 5.95 Å². The van der Waals surface area contributed by atoms with Crippen LogP contribution in [0.5, 0.6) is 0 Å². The largest absolute Gasteiger partial charge is 0.337 e. The van der Waals surface area contributed by atoms with E-state index in [4.69, 9.17) is 11.6 Å². The van der Waals surface area contributed by atoms with Crippen molar-refractivity contribution in [1.82, 2.24) is 9.97 Å². The number of rotatable bonds is 6. The van der Waals surface area contributed by atoms with Gasteiger partial charge in [-0.3, -0.25) is 4.79 Å². The van der Waals surface area contributed by atoms with E-state index in [0.717, 1.165) is 11.3 Å². The Morgan fingerprint density at radius 2 is 1.64 bits per heavy atom. The van der Waals surface area contributed by atoms with Gasteiger partial charge in [-0.2, -0.15) is 4.98 Å². The molecule has 0 bridgehead atoms. The van der Waals surface area contributed by atoms with Crippen molar-refractivity contribution in [2.45, 2.75) is 13.8 Å². The highest BCUT2D eigenvalue weighted by molar-refractivity contribution is 6.33. The molecule has 0 atom stereocenters. The third kappa shape index (κ3) is 4.66. The molecule has 0 aliphatic rings. The summed E-state index contributed by atoms with van der Waals surface area (Å²) < 4.78 is 0. The summed E-state index contributed by atoms with van der Waals surface area (Å²) in [6, 6.07) is 15.1. The molecule has 0 aliphatic carbocycles. The Labute approximate surface area is 168 Å². The number of anilines is 5. The number of benzene rings is 2. The Balaban J connectivity index is 1.86. The number of carbonyl (C=O) groups is 1. The van der Waals surface area contributed by atoms with Gasteiger partial charge < -0.3 is 16.0 Å². The van der Waals surface area contributed by atoms with Crippen LogP contribution in [0.1, 0.15) is 12.5 Å². The second kappa shape index (κ2) is 8.54. The predicted molar refractivity (Wildman–Crippen MR) is 115 cm³/mol. The van der Waals surface area contributed by atoms with Crippen LogP contribution < -0.4 is 16.0 Å². The highest BCUT2D eigenvalue weighted by atomic mass is 35.5. The van der Waals surface area contributed by atoms with Gasteiger partial charge in [0.15, 0.2) is 5.82 Å². The lowest BCUT2D eigenvalue weighted by Crippen LogP contribution is -2.13. The zero-order valence-corrected chi connectivity index (χ0v) is 16.3. The molecule has 3 aromatic rings. The summed E-state index contributed by atoms with van der Waals surface area (Å²) >= 11 is 6.27. The van der Waals surface area contributed by atoms with E-state index in [-0.39, 0.29) is 5.91 Å². The van der Waals surface area contributed by atoms with E-state index < -0.39 is 0 Å². The van der Waals surface area contributed by atoms with E-state index in [1.807, 2.05) is 49.4 Å². The summed E-state index contributed by atoms with van der Waals surface area (Å²) in [6.45, 7) is 7.30. The number of hydrogen-bond donors (Lipinski definition) is 3. The van der Waals surface area contributed by atoms with Crippen LogP contribution in [0.15, 0.2) is 66.9 Å². The molecule has 0 saturated heterocycles. The lowest BCUT2D eigenvalue weighted by Gasteiger charge is -2.14. The molecular weight excluding hydrogens is 374 g/mol. The first-order valence-electron chi connectivity index (χ1n) is 8.62. The van der Waals surface area contributed by atoms with Crippen molar-refractivity contribution in [1.29, 1.82) is 0 Å². The number of carbonyl (C=O) groups excluding carboxylic acids is 1. The Kier molecular flexibility index (Phi) is 5.91. The zero-order chi connectivity index (χ0) is 20.1. The molecule has 3 rings (SSSR count). The van der Waals surface area contributed by atoms with E-state index in [0.29, 0.717) is 33.7 Å². The number of amides is 1. The summed E-state index contributed by atoms with van der Waals surface area (Å²) in [6.07, 6.45) is 1.52. The lowest BCUT2D eigenvalue weighted by atomic mass is 10.2. The molecule has 1 amide bonds. The highest BCUT2D eigenvalue weighted by Crippen LogP contribution is 2.29. The minimum Gasteiger partial charge on any atom is -0.337 e. The van der Waals surface area contributed by atoms with Crippen molar-refractivity contribution in [3.05, 3.63) is 77.5 Å². The number of halogens is 1. The molecule has 28 heavy (non-hydrogen) atoms. The zero-order valence-electron chi connectivity index (χ0n) is 15.6. The predicted octanol–water partition coefficient (Wildman–Crippen LogP) is 5.44. The second-order valence-corrected chi connectivity index (χ2v) is 6.64. The van der Waals surface area contributed by atoms with Crippen molar-refractivity contribution >= 4 is 46.3 Å². The van der Waals surface area contributed by atoms with Crippen LogP contribution in [-0.2, 0) is 4.79 Å². The van der Waals surface area contributed by atoms with E-state index in [9.17, 15) is 4.79 Å². The second-order valence-electron chi connectivity index (χ2n) is 6.24. The maximum absolute atomic E-state index is 12.0. The van der Waals surface area contributed by atoms with Crippen LogP contribution >= 0.6 is 11.6 Å². The van der Waals surface area contributed by atoms with Crippen molar-refractivity contribution in [3.63, 3.8) is 0 Å². The van der Waals surface area contributed by atoms with Gasteiger partial charge in [-0.1, -0.05) is 48.5 Å². The topological polar surface area (TPSA) is 78.9 Å². The number of aryl methyl sites for hydroxylation is 1. The molecule has 3 N–H and O–H groups in total. The average molecular weight is 394 g/mol. The molecule has 0 aliphatic heterocycles. The highest BCUT2D eigenvalue weighted by Gasteiger charge is 2.11. The minimum atomic E-state index is -0.259. The number of nitrogens with one attached hydrogen (secondary N) is 3. The van der Waals surface area contributed by atoms with Gasteiger partial charge in [0, 0.05) is 11.3 Å². The lowest BCUT2D eigenvalue weighted by molar-refractivity contribution is -0.112. The first-order chi connectivity index (χ1) is 13.4. The van der Waals surface area contributed by atoms with Gasteiger partial charge in [0.05, 0.1) is 17.6 Å². The average Bonchev–Trinajstić information content (AvgIpc) is 2.67. The first kappa shape index (κ1) is 19.4. The van der Waals surface area contributed by atoms with Crippen LogP contribution in [0.4, 0.5) is 28.8 Å². The number of aromatic nitrogens is 2. The monoisotopic (exact) mass is 393 g/mol. The van der Waals surface area contributed by atoms with Crippen molar-refractivity contribution < 1.29 is 4.79 Å². The minimum absolute atomic E-state index is 0.259. The molecule has 142 valence electrons. The molecule has 0 unspecified atom stereocenters. The van der Waals surface area contributed by atoms with E-state index in [2.05, 4.69) is 32.5 Å². The van der Waals surface area contributed by atoms with Crippen molar-refractivity contribution in [3.8, 4) is 0 Å². The summed E-state index contributed by atoms with van der Waals surface area (Å²) in [5.41, 5.74) is 3.64. The number of nitrogens with zero attached hydrogens (tertiary/aromatic N) is 2. The molecule has 1 aromatic heterocycles. The Morgan fingerprint density at radius 1 is 1.00 bits per heavy atom. The standard InChI is InChI=1S/C21H20ClN5O/c1-13(2)20(28)25-18-11-7-6-10-17(18)24-19-15(22)12-23-21(27-19)26-16-9-5-4-8-14(16)3/h4-12H,1H2,2-3H3,(H,25,28)(H2,23,24,26,27). The van der Waals surface area contributed by atoms with Gasteiger partial charge in [0.1, 0.15) is 5.02 Å². The van der Waals surface area contributed by atoms with Gasteiger partial charge >= 0.3 is 0 Å². The fraction of sp³-hybridized carbons (Fsp3) is 0.0952. The molecule has 0 saturated carbocycles. The third-order valence-corrected chi connectivity index (χ3v) is 4.23. The molecule has 2 aromatic carbocycles. The van der Waals surface area contributed by atoms with Gasteiger partial charge in [-0.15, -0.1) is 0 Å². The first-order valence-corrected chi connectivity index (χ1v) is 9.00. The summed E-state index contributed by atoms with van der Waals surface area (Å²) in [4.78, 5) is 20.7. The molecule has 7 heteroatoms. The SMILES string of the molecule is C=C(C)C(=O)Nc1ccccc1Nc1nc(Nc2ccccc2C)ncc1Cl. The smallest absolute Gasteiger partial charge is 0.250 e. The van der Waals surface area contributed by atoms with Crippen molar-refractivity contribution in [2.75, 3.05) is 16.0 Å². The molecule has 6 nitrogen and oxygen atoms in total. The maximum atomic E-state index is 12.0. The summed E-state index contributed by atoms with van der Waals surface area (Å²) in [7, 11) is 0. The van der Waals surface area contributed by atoms with Crippen LogP contribution in [0.2, 0.25) is 5.02 Å². The van der Waals surface area contributed by atoms with Crippen LogP contribution in [0.3, 0.4) is 0 Å². The van der Waals surface area contributed by atoms with E-state index >= 15 is 0 Å². The molecule has 0 fully saturated rings. The fourth-order valence-corrected chi connectivity index (χ4v) is 2.54. The van der Waals surface area contributed by atoms with E-state index in [1.54, 1.807) is 13.0 Å². The van der Waals surface area contributed by atoms with Gasteiger partial charge in [-0.25, -0.2) is 4.98 Å². The van der Waals surface area contributed by atoms with Crippen LogP contribution in [-0.4, -0.2) is 15.9 Å². The van der Waals surface area contributed by atoms with Crippen LogP contribution in [0, 0.1) is 6.92 Å². The van der Waals surface area contributed by atoms with Gasteiger partial charge in [0.25, 0.3) is 5.91 Å². The van der Waals surface area contributed by atoms with Gasteiger partial charge in [-0.05, 0) is 37.6 Å². The number of para-hydroxylation sites is 3. The van der Waals surface area contributed by atoms with Crippen molar-refractivity contribution in [2.24, 2.45) is 0 Å². The summed E-state index contributed by atoms with van der Waals surface area (Å²) in [5.74, 6) is 0.569. The normalized spacial score (nSPS) is 10.2. The Bertz CT molecular complexity index is 1030. The molecule has 0 radical (unpaired) electrons. The summed E-state index contributed by atoms with van der Waals surface area (Å²) in [5, 5.41) is 9.51. The Hall–Kier alpha value is -3.38. The molecular formula is C21H20ClN5O.